The van der Waals surface area contributed by atoms with Gasteiger partial charge in [-0.15, -0.1) is 0 Å². The number of allylic oxidation sites excluding steroid dienone is 1. The highest BCUT2D eigenvalue weighted by Crippen LogP contribution is 2.40. The maximum absolute atomic E-state index is 13.5. The highest BCUT2D eigenvalue weighted by Gasteiger charge is 2.51. The molecule has 0 N–H and O–H groups in total. The molecule has 2 rings (SSSR count). The third-order valence-corrected chi connectivity index (χ3v) is 4.61. The van der Waals surface area contributed by atoms with Gasteiger partial charge in [0.15, 0.2) is 0 Å². The molecule has 0 aliphatic carbocycles. The summed E-state index contributed by atoms with van der Waals surface area (Å²) in [4.78, 5) is 0. The maximum Gasteiger partial charge on any atom is 0.462 e. The topological polar surface area (TPSA) is 18.5 Å². The first-order valence-corrected chi connectivity index (χ1v) is 7.51. The molecule has 5 heteroatoms. The zero-order valence-corrected chi connectivity index (χ0v) is 14.1. The van der Waals surface area contributed by atoms with Crippen LogP contribution in [0.15, 0.2) is 24.3 Å². The standard InChI is InChI=1S/C17H23BF2O2/c1-11-7-8-13(12(2)9-11)14(15(19)20)10-18-21-16(3,4)17(5,6)22-18/h7-9H,10H2,1-6H3. The van der Waals surface area contributed by atoms with Crippen molar-refractivity contribution < 1.29 is 18.1 Å². The zero-order chi connectivity index (χ0) is 16.7. The van der Waals surface area contributed by atoms with Crippen molar-refractivity contribution >= 4 is 12.7 Å². The Balaban J connectivity index is 2.28. The highest BCUT2D eigenvalue weighted by atomic mass is 19.3. The second-order valence-corrected chi connectivity index (χ2v) is 6.95. The summed E-state index contributed by atoms with van der Waals surface area (Å²) in [6, 6.07) is 5.49. The van der Waals surface area contributed by atoms with E-state index in [0.717, 1.165) is 11.1 Å². The van der Waals surface area contributed by atoms with Crippen LogP contribution < -0.4 is 0 Å². The molecule has 22 heavy (non-hydrogen) atoms. The third kappa shape index (κ3) is 3.25. The van der Waals surface area contributed by atoms with E-state index in [1.807, 2.05) is 53.7 Å². The molecule has 0 radical (unpaired) electrons. The van der Waals surface area contributed by atoms with Gasteiger partial charge in [-0.2, -0.15) is 8.78 Å². The van der Waals surface area contributed by atoms with Crippen LogP contribution in [0.5, 0.6) is 0 Å². The van der Waals surface area contributed by atoms with Gasteiger partial charge < -0.3 is 9.31 Å². The van der Waals surface area contributed by atoms with Gasteiger partial charge in [0.05, 0.1) is 11.2 Å². The first kappa shape index (κ1) is 17.2. The van der Waals surface area contributed by atoms with Gasteiger partial charge in [-0.05, 0) is 52.7 Å². The minimum absolute atomic E-state index is 0.00370. The third-order valence-electron chi connectivity index (χ3n) is 4.61. The van der Waals surface area contributed by atoms with Gasteiger partial charge >= 0.3 is 7.12 Å². The first-order valence-electron chi connectivity index (χ1n) is 7.51. The Morgan fingerprint density at radius 2 is 1.59 bits per heavy atom. The smallest absolute Gasteiger partial charge is 0.403 e. The van der Waals surface area contributed by atoms with Crippen LogP contribution in [-0.2, 0) is 9.31 Å². The molecule has 1 aliphatic rings. The minimum Gasteiger partial charge on any atom is -0.403 e. The van der Waals surface area contributed by atoms with Crippen LogP contribution in [0, 0.1) is 13.8 Å². The van der Waals surface area contributed by atoms with Crippen LogP contribution in [0.25, 0.3) is 5.57 Å². The lowest BCUT2D eigenvalue weighted by Gasteiger charge is -2.32. The molecule has 1 saturated heterocycles. The summed E-state index contributed by atoms with van der Waals surface area (Å²) < 4.78 is 38.6. The van der Waals surface area contributed by atoms with E-state index in [0.29, 0.717) is 5.56 Å². The Morgan fingerprint density at radius 3 is 2.05 bits per heavy atom. The van der Waals surface area contributed by atoms with E-state index in [9.17, 15) is 8.78 Å². The lowest BCUT2D eigenvalue weighted by atomic mass is 9.77. The summed E-state index contributed by atoms with van der Waals surface area (Å²) in [6.07, 6.45) is -1.64. The molecule has 0 amide bonds. The lowest BCUT2D eigenvalue weighted by Crippen LogP contribution is -2.41. The van der Waals surface area contributed by atoms with Crippen LogP contribution in [0.3, 0.4) is 0 Å². The number of halogens is 2. The second kappa shape index (κ2) is 5.78. The van der Waals surface area contributed by atoms with Crippen LogP contribution in [0.2, 0.25) is 6.32 Å². The van der Waals surface area contributed by atoms with Gasteiger partial charge in [0.25, 0.3) is 6.08 Å². The van der Waals surface area contributed by atoms with Crippen molar-refractivity contribution in [3.05, 3.63) is 41.0 Å². The fourth-order valence-corrected chi connectivity index (χ4v) is 2.66. The van der Waals surface area contributed by atoms with Crippen LogP contribution in [-0.4, -0.2) is 18.3 Å². The van der Waals surface area contributed by atoms with Crippen LogP contribution in [0.4, 0.5) is 8.78 Å². The SMILES string of the molecule is Cc1ccc(C(CB2OC(C)(C)C(C)(C)O2)=C(F)F)c(C)c1. The van der Waals surface area contributed by atoms with E-state index < -0.39 is 24.4 Å². The average Bonchev–Trinajstić information content (AvgIpc) is 2.55. The molecular formula is C17H23BF2O2. The van der Waals surface area contributed by atoms with E-state index in [1.165, 1.54) is 0 Å². The minimum atomic E-state index is -1.68. The predicted octanol–water partition coefficient (Wildman–Crippen LogP) is 5.00. The van der Waals surface area contributed by atoms with Gasteiger partial charge in [0, 0.05) is 11.9 Å². The predicted molar refractivity (Wildman–Crippen MR) is 85.9 cm³/mol. The quantitative estimate of drug-likeness (QED) is 0.731. The number of hydrogen-bond acceptors (Lipinski definition) is 2. The second-order valence-electron chi connectivity index (χ2n) is 6.95. The zero-order valence-electron chi connectivity index (χ0n) is 14.1. The number of hydrogen-bond donors (Lipinski definition) is 0. The van der Waals surface area contributed by atoms with Gasteiger partial charge in [-0.3, -0.25) is 0 Å². The normalized spacial score (nSPS) is 19.4. The summed E-state index contributed by atoms with van der Waals surface area (Å²) in [5.74, 6) is 0. The molecule has 0 spiro atoms. The van der Waals surface area contributed by atoms with Crippen molar-refractivity contribution in [1.29, 1.82) is 0 Å². The molecule has 0 atom stereocenters. The average molecular weight is 308 g/mol. The van der Waals surface area contributed by atoms with E-state index in [2.05, 4.69) is 0 Å². The Kier molecular flexibility index (Phi) is 4.51. The molecule has 0 aromatic heterocycles. The number of aryl methyl sites for hydroxylation is 2. The van der Waals surface area contributed by atoms with Crippen molar-refractivity contribution in [2.45, 2.75) is 59.1 Å². The molecule has 0 bridgehead atoms. The van der Waals surface area contributed by atoms with E-state index in [1.54, 1.807) is 6.07 Å². The molecule has 0 saturated carbocycles. The molecule has 2 nitrogen and oxygen atoms in total. The van der Waals surface area contributed by atoms with Crippen molar-refractivity contribution in [2.75, 3.05) is 0 Å². The molecular weight excluding hydrogens is 285 g/mol. The molecule has 1 aromatic carbocycles. The molecule has 1 heterocycles. The Hall–Kier alpha value is -1.20. The number of rotatable bonds is 3. The van der Waals surface area contributed by atoms with Crippen LogP contribution >= 0.6 is 0 Å². The van der Waals surface area contributed by atoms with Crippen molar-refractivity contribution in [3.8, 4) is 0 Å². The summed E-state index contributed by atoms with van der Waals surface area (Å²) in [5.41, 5.74) is 1.40. The van der Waals surface area contributed by atoms with Gasteiger partial charge in [0.1, 0.15) is 0 Å². The van der Waals surface area contributed by atoms with Crippen molar-refractivity contribution in [3.63, 3.8) is 0 Å². The summed E-state index contributed by atoms with van der Waals surface area (Å²) in [7, 11) is -0.665. The number of benzene rings is 1. The lowest BCUT2D eigenvalue weighted by molar-refractivity contribution is 0.00578. The van der Waals surface area contributed by atoms with Gasteiger partial charge in [-0.1, -0.05) is 23.8 Å². The molecule has 1 aliphatic heterocycles. The largest absolute Gasteiger partial charge is 0.462 e. The van der Waals surface area contributed by atoms with E-state index >= 15 is 0 Å². The summed E-state index contributed by atoms with van der Waals surface area (Å²) >= 11 is 0. The van der Waals surface area contributed by atoms with Gasteiger partial charge in [-0.25, -0.2) is 0 Å². The van der Waals surface area contributed by atoms with Crippen molar-refractivity contribution in [1.82, 2.24) is 0 Å². The molecule has 120 valence electrons. The maximum atomic E-state index is 13.5. The van der Waals surface area contributed by atoms with E-state index in [-0.39, 0.29) is 11.9 Å². The Labute approximate surface area is 131 Å². The summed E-state index contributed by atoms with van der Waals surface area (Å²) in [5, 5.41) is 0. The molecule has 1 aromatic rings. The fourth-order valence-electron chi connectivity index (χ4n) is 2.66. The molecule has 1 fully saturated rings. The van der Waals surface area contributed by atoms with Gasteiger partial charge in [0.2, 0.25) is 0 Å². The summed E-state index contributed by atoms with van der Waals surface area (Å²) in [6.45, 7) is 11.5. The van der Waals surface area contributed by atoms with E-state index in [4.69, 9.17) is 9.31 Å². The highest BCUT2D eigenvalue weighted by molar-refractivity contribution is 6.48. The Morgan fingerprint density at radius 1 is 1.05 bits per heavy atom. The Bertz CT molecular complexity index is 589. The fraction of sp³-hybridized carbons (Fsp3) is 0.529. The van der Waals surface area contributed by atoms with Crippen LogP contribution in [0.1, 0.15) is 44.4 Å². The molecule has 0 unspecified atom stereocenters. The first-order chi connectivity index (χ1) is 10.0. The monoisotopic (exact) mass is 308 g/mol. The van der Waals surface area contributed by atoms with Crippen molar-refractivity contribution in [2.24, 2.45) is 0 Å².